The Hall–Kier alpha value is -9.83. The number of hydrogen-bond acceptors (Lipinski definition) is 23. The van der Waals surface area contributed by atoms with Crippen LogP contribution in [0.2, 0.25) is 0 Å². The van der Waals surface area contributed by atoms with E-state index in [2.05, 4.69) is 69.1 Å². The Morgan fingerprint density at radius 2 is 0.840 bits per heavy atom. The average Bonchev–Trinajstić information content (AvgIpc) is 0.845. The third-order valence-corrected chi connectivity index (χ3v) is 18.8. The van der Waals surface area contributed by atoms with Crippen molar-refractivity contribution in [3.8, 4) is 0 Å². The highest BCUT2D eigenvalue weighted by atomic mass is 33.1. The molecule has 36 nitrogen and oxygen atoms in total. The van der Waals surface area contributed by atoms with Crippen molar-refractivity contribution >= 4 is 110 Å². The Balaban J connectivity index is 1.87. The van der Waals surface area contributed by atoms with Crippen molar-refractivity contribution in [3.63, 3.8) is 0 Å². The van der Waals surface area contributed by atoms with Gasteiger partial charge in [-0.15, -0.1) is 0 Å². The molecule has 4 rings (SSSR count). The van der Waals surface area contributed by atoms with E-state index in [4.69, 9.17) is 28.7 Å². The maximum absolute atomic E-state index is 14.8. The maximum Gasteiger partial charge on any atom is 0.245 e. The lowest BCUT2D eigenvalue weighted by atomic mass is 10.0. The Labute approximate surface area is 620 Å². The number of aliphatic hydroxyl groups excluding tert-OH is 3. The van der Waals surface area contributed by atoms with Crippen LogP contribution in [0.5, 0.6) is 0 Å². The zero-order valence-electron chi connectivity index (χ0n) is 59.3. The summed E-state index contributed by atoms with van der Waals surface area (Å²) in [4.78, 5) is 210. The van der Waals surface area contributed by atoms with Gasteiger partial charge in [-0.3, -0.25) is 71.9 Å². The fraction of sp³-hybridized carbons (Fsp3) is 0.515. The predicted molar refractivity (Wildman–Crippen MR) is 390 cm³/mol. The molecule has 15 atom stereocenters. The standard InChI is InChI=1S/C68H100N18O18S2/c1-36(71)57(93)74-32-53(91)76-51-35-106-105-34-50(56(73)92)84-65(101)49(33-87)83-68(104)55(39(4)89)86-64(100)47(30-42-22-12-7-13-23-42)82-67(103)54(38(3)88)85-60(96)44(25-15-17-27-70)77-58(94)37(2)75-61(97)45(28-40-18-8-5-9-19-40)79-62(98)46(29-41-20-10-6-11-21-41)80-63(99)48(31-52(72)90)81-59(95)43(78-66(51)102)24-14-16-26-69/h5-13,18-23,36-39,43-51,54-55,87-89H,14-17,24-35,69-71H2,1-4H3,(H2,72,90)(H2,73,92)(H,74,93)(H,75,97)(H,76,91)(H,77,94)(H,78,102)(H,79,98)(H,80,99)(H,81,95)(H,82,103)(H,83,104)(H,84,101)(H,85,96)(H,86,100)/t36-,37-,38+,39+,43-,44-,45-,46-,47-,48-,49-,50-,51-,54-,55-/m0/s1. The van der Waals surface area contributed by atoms with E-state index >= 15 is 0 Å². The van der Waals surface area contributed by atoms with Gasteiger partial charge < -0.3 is 113 Å². The van der Waals surface area contributed by atoms with Crippen LogP contribution >= 0.6 is 21.6 Å². The van der Waals surface area contributed by atoms with Crippen LogP contribution in [0.4, 0.5) is 0 Å². The molecule has 1 aliphatic rings. The quantitative estimate of drug-likeness (QED) is 0.0293. The van der Waals surface area contributed by atoms with Crippen LogP contribution in [0.25, 0.3) is 0 Å². The molecule has 1 heterocycles. The first kappa shape index (κ1) is 88.6. The molecule has 0 unspecified atom stereocenters. The summed E-state index contributed by atoms with van der Waals surface area (Å²) in [6.45, 7) is 3.28. The van der Waals surface area contributed by atoms with Gasteiger partial charge in [-0.25, -0.2) is 0 Å². The number of carbonyl (C=O) groups is 15. The Morgan fingerprint density at radius 1 is 0.472 bits per heavy atom. The SMILES string of the molecule is C[C@H](N)C(=O)NCC(=O)N[C@H]1CSSC[C@@H](C(N)=O)NC(=O)[C@H](CO)NC(=O)[C@H]([C@@H](C)O)NC(=O)[C@H](Cc2ccccc2)NC(=O)[C@H]([C@@H](C)O)NC(=O)[C@H](CCCCN)NC(=O)[C@H](C)NC(=O)[C@H](Cc2ccccc2)NC(=O)[C@H](Cc2ccccc2)NC(=O)[C@H](CC(N)=O)NC(=O)[C@H](CCCCN)NC1=O. The van der Waals surface area contributed by atoms with Crippen molar-refractivity contribution in [2.75, 3.05) is 37.7 Å². The monoisotopic (exact) mass is 1520 g/mol. The zero-order chi connectivity index (χ0) is 78.6. The summed E-state index contributed by atoms with van der Waals surface area (Å²) in [5.41, 5.74) is 30.0. The third-order valence-electron chi connectivity index (χ3n) is 16.3. The molecule has 0 spiro atoms. The second-order valence-electron chi connectivity index (χ2n) is 25.3. The second-order valence-corrected chi connectivity index (χ2v) is 27.8. The number of hydrogen-bond donors (Lipinski definition) is 21. The molecule has 582 valence electrons. The van der Waals surface area contributed by atoms with Crippen LogP contribution in [0.3, 0.4) is 0 Å². The maximum atomic E-state index is 14.8. The van der Waals surface area contributed by atoms with Gasteiger partial charge in [-0.2, -0.15) is 0 Å². The summed E-state index contributed by atoms with van der Waals surface area (Å²) >= 11 is 0. The normalized spacial score (nSPS) is 24.7. The first-order valence-corrected chi connectivity index (χ1v) is 36.8. The van der Waals surface area contributed by atoms with Crippen LogP contribution in [0, 0.1) is 0 Å². The van der Waals surface area contributed by atoms with E-state index in [0.717, 1.165) is 35.4 Å². The van der Waals surface area contributed by atoms with Gasteiger partial charge in [-0.05, 0) is 96.0 Å². The van der Waals surface area contributed by atoms with Gasteiger partial charge in [0.05, 0.1) is 37.8 Å². The van der Waals surface area contributed by atoms with Gasteiger partial charge in [0.15, 0.2) is 0 Å². The second kappa shape index (κ2) is 46.2. The van der Waals surface area contributed by atoms with Gasteiger partial charge >= 0.3 is 0 Å². The summed E-state index contributed by atoms with van der Waals surface area (Å²) in [6, 6.07) is 3.37. The van der Waals surface area contributed by atoms with E-state index in [1.54, 1.807) is 91.0 Å². The Kier molecular flexibility index (Phi) is 38.6. The van der Waals surface area contributed by atoms with Crippen molar-refractivity contribution in [3.05, 3.63) is 108 Å². The van der Waals surface area contributed by atoms with E-state index in [9.17, 15) is 87.2 Å². The molecule has 1 fully saturated rings. The molecule has 0 saturated carbocycles. The highest BCUT2D eigenvalue weighted by Crippen LogP contribution is 2.24. The van der Waals surface area contributed by atoms with E-state index in [1.165, 1.54) is 13.8 Å². The summed E-state index contributed by atoms with van der Waals surface area (Å²) < 4.78 is 0. The van der Waals surface area contributed by atoms with Gasteiger partial charge in [0.25, 0.3) is 0 Å². The number of rotatable bonds is 24. The van der Waals surface area contributed by atoms with Gasteiger partial charge in [0.2, 0.25) is 88.6 Å². The highest BCUT2D eigenvalue weighted by Gasteiger charge is 2.39. The molecule has 0 radical (unpaired) electrons. The highest BCUT2D eigenvalue weighted by molar-refractivity contribution is 8.76. The zero-order valence-corrected chi connectivity index (χ0v) is 60.9. The number of benzene rings is 3. The van der Waals surface area contributed by atoms with Gasteiger partial charge in [0.1, 0.15) is 72.5 Å². The number of nitrogens with one attached hydrogen (secondary N) is 13. The fourth-order valence-corrected chi connectivity index (χ4v) is 12.7. The molecule has 1 saturated heterocycles. The van der Waals surface area contributed by atoms with Gasteiger partial charge in [0, 0.05) is 30.8 Å². The molecule has 38 heteroatoms. The van der Waals surface area contributed by atoms with Crippen molar-refractivity contribution in [2.45, 2.75) is 183 Å². The molecular weight excluding hydrogens is 1420 g/mol. The average molecular weight is 1520 g/mol. The molecular formula is C68H100N18O18S2. The number of unbranched alkanes of at least 4 members (excludes halogenated alkanes) is 2. The van der Waals surface area contributed by atoms with Crippen molar-refractivity contribution < 1.29 is 87.2 Å². The van der Waals surface area contributed by atoms with Crippen LogP contribution < -0.4 is 97.8 Å². The van der Waals surface area contributed by atoms with Crippen LogP contribution in [-0.4, -0.2) is 232 Å². The molecule has 1 aliphatic heterocycles. The van der Waals surface area contributed by atoms with Crippen LogP contribution in [0.1, 0.15) is 89.3 Å². The lowest BCUT2D eigenvalue weighted by Crippen LogP contribution is -2.63. The summed E-state index contributed by atoms with van der Waals surface area (Å²) in [5.74, 6) is -16.7. The van der Waals surface area contributed by atoms with Crippen molar-refractivity contribution in [2.24, 2.45) is 28.7 Å². The minimum atomic E-state index is -1.95. The Bertz CT molecular complexity index is 3460. The number of primary amides is 2. The summed E-state index contributed by atoms with van der Waals surface area (Å²) in [5, 5.41) is 64.3. The molecule has 0 aromatic heterocycles. The minimum absolute atomic E-state index is 0.119. The fourth-order valence-electron chi connectivity index (χ4n) is 10.4. The lowest BCUT2D eigenvalue weighted by Gasteiger charge is -2.29. The van der Waals surface area contributed by atoms with Crippen molar-refractivity contribution in [1.29, 1.82) is 0 Å². The summed E-state index contributed by atoms with van der Waals surface area (Å²) in [7, 11) is 1.63. The molecule has 106 heavy (non-hydrogen) atoms. The van der Waals surface area contributed by atoms with E-state index in [0.29, 0.717) is 29.5 Å². The van der Waals surface area contributed by atoms with Gasteiger partial charge in [-0.1, -0.05) is 113 Å². The third kappa shape index (κ3) is 31.1. The molecule has 26 N–H and O–H groups in total. The first-order chi connectivity index (χ1) is 50.3. The number of amides is 15. The van der Waals surface area contributed by atoms with Crippen LogP contribution in [-0.2, 0) is 91.2 Å². The number of carbonyl (C=O) groups excluding carboxylic acids is 15. The molecule has 3 aromatic carbocycles. The number of aliphatic hydroxyl groups is 3. The van der Waals surface area contributed by atoms with E-state index in [-0.39, 0.29) is 58.0 Å². The van der Waals surface area contributed by atoms with E-state index in [1.807, 2.05) is 0 Å². The minimum Gasteiger partial charge on any atom is -0.394 e. The topological polar surface area (TPSA) is 603 Å². The Morgan fingerprint density at radius 3 is 1.26 bits per heavy atom. The van der Waals surface area contributed by atoms with Crippen molar-refractivity contribution in [1.82, 2.24) is 69.1 Å². The number of nitrogens with two attached hydrogens (primary N) is 5. The lowest BCUT2D eigenvalue weighted by molar-refractivity contribution is -0.138. The first-order valence-electron chi connectivity index (χ1n) is 34.3. The van der Waals surface area contributed by atoms with Crippen LogP contribution in [0.15, 0.2) is 91.0 Å². The molecule has 15 amide bonds. The molecule has 3 aromatic rings. The molecule has 0 aliphatic carbocycles. The van der Waals surface area contributed by atoms with E-state index < -0.39 is 210 Å². The smallest absolute Gasteiger partial charge is 0.245 e. The largest absolute Gasteiger partial charge is 0.394 e. The summed E-state index contributed by atoms with van der Waals surface area (Å²) in [6.07, 6.45) is -4.45. The molecule has 0 bridgehead atoms. The predicted octanol–water partition coefficient (Wildman–Crippen LogP) is -7.22.